The first-order valence-corrected chi connectivity index (χ1v) is 13.0. The molecule has 6 rings (SSSR count). The molecule has 12 heteroatoms. The van der Waals surface area contributed by atoms with Gasteiger partial charge in [-0.15, -0.1) is 0 Å². The van der Waals surface area contributed by atoms with Crippen molar-refractivity contribution in [2.45, 2.75) is 33.2 Å². The minimum atomic E-state index is -0.840. The molecule has 0 amide bonds. The van der Waals surface area contributed by atoms with Crippen molar-refractivity contribution in [1.29, 1.82) is 0 Å². The molecule has 12 nitrogen and oxygen atoms in total. The van der Waals surface area contributed by atoms with Gasteiger partial charge in [-0.1, -0.05) is 0 Å². The first-order valence-electron chi connectivity index (χ1n) is 13.0. The van der Waals surface area contributed by atoms with E-state index in [2.05, 4.69) is 5.10 Å². The fourth-order valence-corrected chi connectivity index (χ4v) is 5.91. The Kier molecular flexibility index (Phi) is 5.96. The predicted octanol–water partition coefficient (Wildman–Crippen LogP) is 2.64. The number of phenolic OH excluding ortho intramolecular Hbond substituents is 4. The number of nitrogens with zero attached hydrogens (tertiary/aromatic N) is 2. The second-order valence-electron chi connectivity index (χ2n) is 10.2. The maximum Gasteiger partial charge on any atom is 0.302 e. The Hall–Kier alpha value is -5.39. The second-order valence-corrected chi connectivity index (χ2v) is 10.2. The van der Waals surface area contributed by atoms with E-state index in [9.17, 15) is 39.6 Å². The number of benzene rings is 3. The van der Waals surface area contributed by atoms with Crippen LogP contribution in [0.4, 0.5) is 0 Å². The van der Waals surface area contributed by atoms with Gasteiger partial charge in [-0.25, -0.2) is 4.68 Å². The average Bonchev–Trinajstić information content (AvgIpc) is 2.95. The van der Waals surface area contributed by atoms with Gasteiger partial charge in [0.15, 0.2) is 5.78 Å². The van der Waals surface area contributed by atoms with Gasteiger partial charge >= 0.3 is 5.97 Å². The highest BCUT2D eigenvalue weighted by molar-refractivity contribution is 6.32. The summed E-state index contributed by atoms with van der Waals surface area (Å²) in [6.45, 7) is 2.44. The molecule has 1 heterocycles. The van der Waals surface area contributed by atoms with Crippen molar-refractivity contribution >= 4 is 28.3 Å². The summed E-state index contributed by atoms with van der Waals surface area (Å²) >= 11 is 0. The monoisotopic (exact) mass is 572 g/mol. The first kappa shape index (κ1) is 26.8. The number of esters is 1. The van der Waals surface area contributed by atoms with Gasteiger partial charge in [-0.2, -0.15) is 5.10 Å². The Labute approximate surface area is 237 Å². The van der Waals surface area contributed by atoms with E-state index >= 15 is 0 Å². The molecule has 0 aliphatic heterocycles. The van der Waals surface area contributed by atoms with Gasteiger partial charge in [0.25, 0.3) is 5.56 Å². The van der Waals surface area contributed by atoms with Crippen LogP contribution in [0.15, 0.2) is 23.1 Å². The van der Waals surface area contributed by atoms with E-state index in [0.29, 0.717) is 22.9 Å². The zero-order chi connectivity index (χ0) is 30.2. The van der Waals surface area contributed by atoms with Gasteiger partial charge in [0.1, 0.15) is 35.4 Å². The predicted molar refractivity (Wildman–Crippen MR) is 147 cm³/mol. The molecule has 2 aliphatic carbocycles. The minimum absolute atomic E-state index is 0.00871. The number of carbonyl (C=O) groups excluding carboxylic acids is 3. The number of phenols is 4. The Balaban J connectivity index is 1.63. The Morgan fingerprint density at radius 2 is 1.67 bits per heavy atom. The van der Waals surface area contributed by atoms with E-state index in [-0.39, 0.29) is 64.1 Å². The third kappa shape index (κ3) is 3.57. The Morgan fingerprint density at radius 1 is 0.929 bits per heavy atom. The van der Waals surface area contributed by atoms with Crippen LogP contribution >= 0.6 is 0 Å². The number of aryl methyl sites for hydroxylation is 1. The molecular formula is C30H24N2O10. The van der Waals surface area contributed by atoms with Crippen LogP contribution in [0.5, 0.6) is 28.7 Å². The first-order chi connectivity index (χ1) is 20.0. The molecule has 0 saturated heterocycles. The highest BCUT2D eigenvalue weighted by Gasteiger charge is 2.42. The molecule has 4 aromatic rings. The number of hydrogen-bond acceptors (Lipinski definition) is 11. The highest BCUT2D eigenvalue weighted by atomic mass is 16.5. The van der Waals surface area contributed by atoms with Gasteiger partial charge in [0.2, 0.25) is 5.78 Å². The standard InChI is InChI=1S/C30H24N2O10/c1-11-17(34)9-16-21(24(11)35)28(39)23-22(25(16)36)27(38)20-15(29(23)41-3)5-4-13-8-14-10-31-32(6-7-42-12(2)33)30(40)19(14)26(37)18(13)20/h8-10,34-35,37-38H,4-7H2,1-3H3. The van der Waals surface area contributed by atoms with Gasteiger partial charge in [-0.3, -0.25) is 19.2 Å². The zero-order valence-electron chi connectivity index (χ0n) is 22.7. The number of carbonyl (C=O) groups is 3. The summed E-state index contributed by atoms with van der Waals surface area (Å²) in [6.07, 6.45) is 1.97. The van der Waals surface area contributed by atoms with Crippen LogP contribution in [0.1, 0.15) is 55.5 Å². The van der Waals surface area contributed by atoms with E-state index in [4.69, 9.17) is 9.47 Å². The molecular weight excluding hydrogens is 548 g/mol. The number of aromatic hydroxyl groups is 4. The summed E-state index contributed by atoms with van der Waals surface area (Å²) in [7, 11) is 1.30. The van der Waals surface area contributed by atoms with E-state index in [1.165, 1.54) is 27.2 Å². The fraction of sp³-hybridized carbons (Fsp3) is 0.233. The molecule has 4 N–H and O–H groups in total. The van der Waals surface area contributed by atoms with E-state index in [1.54, 1.807) is 6.07 Å². The maximum absolute atomic E-state index is 13.8. The van der Waals surface area contributed by atoms with E-state index < -0.39 is 51.7 Å². The minimum Gasteiger partial charge on any atom is -0.508 e. The number of methoxy groups -OCH3 is 1. The lowest BCUT2D eigenvalue weighted by Crippen LogP contribution is -2.26. The van der Waals surface area contributed by atoms with Crippen LogP contribution in [-0.2, 0) is 28.9 Å². The Morgan fingerprint density at radius 3 is 2.36 bits per heavy atom. The number of fused-ring (bicyclic) bond motifs is 6. The summed E-state index contributed by atoms with van der Waals surface area (Å²) in [5.74, 6) is -4.18. The second kappa shape index (κ2) is 9.33. The van der Waals surface area contributed by atoms with Gasteiger partial charge in [0.05, 0.1) is 41.9 Å². The lowest BCUT2D eigenvalue weighted by Gasteiger charge is -2.29. The zero-order valence-corrected chi connectivity index (χ0v) is 22.7. The maximum atomic E-state index is 13.8. The van der Waals surface area contributed by atoms with E-state index in [0.717, 1.165) is 10.7 Å². The molecule has 3 aromatic carbocycles. The summed E-state index contributed by atoms with van der Waals surface area (Å²) in [4.78, 5) is 52.0. The number of aromatic nitrogens is 2. The molecule has 0 radical (unpaired) electrons. The summed E-state index contributed by atoms with van der Waals surface area (Å²) < 4.78 is 11.6. The number of ether oxygens (including phenoxy) is 2. The van der Waals surface area contributed by atoms with Crippen molar-refractivity contribution in [3.05, 3.63) is 67.6 Å². The van der Waals surface area contributed by atoms with E-state index in [1.807, 2.05) is 0 Å². The third-order valence-corrected chi connectivity index (χ3v) is 7.88. The van der Waals surface area contributed by atoms with Crippen LogP contribution < -0.4 is 10.3 Å². The van der Waals surface area contributed by atoms with Crippen molar-refractivity contribution in [2.24, 2.45) is 0 Å². The SMILES string of the molecule is COc1c2c(c(O)c3c1C(=O)c1c(cc(O)c(C)c1O)C3=O)-c1c(cc3cnn(CCOC(C)=O)c(=O)c3c1O)CC2. The molecule has 0 bridgehead atoms. The van der Waals surface area contributed by atoms with Gasteiger partial charge in [0, 0.05) is 40.1 Å². The Bertz CT molecular complexity index is 1990. The van der Waals surface area contributed by atoms with Crippen LogP contribution in [0.3, 0.4) is 0 Å². The molecule has 0 saturated carbocycles. The van der Waals surface area contributed by atoms with Crippen LogP contribution in [0.2, 0.25) is 0 Å². The number of rotatable bonds is 4. The molecule has 0 atom stereocenters. The quantitative estimate of drug-likeness (QED) is 0.232. The lowest BCUT2D eigenvalue weighted by molar-refractivity contribution is -0.141. The largest absolute Gasteiger partial charge is 0.508 e. The van der Waals surface area contributed by atoms with Crippen LogP contribution in [0.25, 0.3) is 21.9 Å². The van der Waals surface area contributed by atoms with Crippen LogP contribution in [-0.4, -0.2) is 61.5 Å². The molecule has 42 heavy (non-hydrogen) atoms. The van der Waals surface area contributed by atoms with Crippen molar-refractivity contribution < 1.29 is 44.3 Å². The molecule has 0 unspecified atom stereocenters. The number of ketones is 2. The number of hydrogen-bond donors (Lipinski definition) is 4. The molecule has 1 aromatic heterocycles. The molecule has 0 spiro atoms. The van der Waals surface area contributed by atoms with Crippen molar-refractivity contribution in [3.63, 3.8) is 0 Å². The van der Waals surface area contributed by atoms with Gasteiger partial charge < -0.3 is 29.9 Å². The van der Waals surface area contributed by atoms with Crippen molar-refractivity contribution in [1.82, 2.24) is 9.78 Å². The third-order valence-electron chi connectivity index (χ3n) is 7.88. The topological polar surface area (TPSA) is 185 Å². The lowest BCUT2D eigenvalue weighted by atomic mass is 9.75. The average molecular weight is 573 g/mol. The van der Waals surface area contributed by atoms with Crippen LogP contribution in [0, 0.1) is 6.92 Å². The highest BCUT2D eigenvalue weighted by Crippen LogP contribution is 2.54. The summed E-state index contributed by atoms with van der Waals surface area (Å²) in [6, 6.07) is 2.72. The fourth-order valence-electron chi connectivity index (χ4n) is 5.91. The summed E-state index contributed by atoms with van der Waals surface area (Å²) in [5.41, 5.74) is -0.908. The van der Waals surface area contributed by atoms with Gasteiger partial charge in [-0.05, 0) is 37.5 Å². The summed E-state index contributed by atoms with van der Waals surface area (Å²) in [5, 5.41) is 48.5. The molecule has 0 fully saturated rings. The molecule has 2 aliphatic rings. The molecule has 214 valence electrons. The smallest absolute Gasteiger partial charge is 0.302 e. The van der Waals surface area contributed by atoms with Crippen molar-refractivity contribution in [3.8, 4) is 39.9 Å². The van der Waals surface area contributed by atoms with Crippen molar-refractivity contribution in [2.75, 3.05) is 13.7 Å². The normalized spacial score (nSPS) is 13.3.